The number of anilines is 1. The van der Waals surface area contributed by atoms with Gasteiger partial charge in [-0.05, 0) is 30.9 Å². The predicted molar refractivity (Wildman–Crippen MR) is 84.8 cm³/mol. The van der Waals surface area contributed by atoms with Crippen LogP contribution in [0, 0.1) is 5.92 Å². The predicted octanol–water partition coefficient (Wildman–Crippen LogP) is 0.845. The molecule has 1 N–H and O–H groups in total. The van der Waals surface area contributed by atoms with Gasteiger partial charge in [0, 0.05) is 30.9 Å². The number of hydrogen-bond acceptors (Lipinski definition) is 5. The zero-order chi connectivity index (χ0) is 15.7. The van der Waals surface area contributed by atoms with Crippen molar-refractivity contribution < 1.29 is 13.2 Å². The summed E-state index contributed by atoms with van der Waals surface area (Å²) in [6, 6.07) is 3.18. The van der Waals surface area contributed by atoms with E-state index in [2.05, 4.69) is 22.1 Å². The summed E-state index contributed by atoms with van der Waals surface area (Å²) in [6.45, 7) is 4.12. The van der Waals surface area contributed by atoms with Gasteiger partial charge in [0.15, 0.2) is 9.84 Å². The van der Waals surface area contributed by atoms with E-state index in [0.717, 1.165) is 25.3 Å². The molecule has 2 unspecified atom stereocenters. The zero-order valence-corrected chi connectivity index (χ0v) is 13.5. The third kappa shape index (κ3) is 3.40. The molecule has 0 spiro atoms. The average molecular weight is 323 g/mol. The number of carbonyl (C=O) groups is 1. The van der Waals surface area contributed by atoms with Crippen molar-refractivity contribution >= 4 is 21.6 Å². The van der Waals surface area contributed by atoms with Crippen molar-refractivity contribution in [3.63, 3.8) is 0 Å². The van der Waals surface area contributed by atoms with Crippen molar-refractivity contribution in [2.24, 2.45) is 5.92 Å². The molecule has 120 valence electrons. The first-order chi connectivity index (χ1) is 10.4. The van der Waals surface area contributed by atoms with E-state index in [1.54, 1.807) is 18.3 Å². The third-order valence-corrected chi connectivity index (χ3v) is 6.09. The number of hydrogen-bond donors (Lipinski definition) is 1. The largest absolute Gasteiger partial charge is 0.356 e. The molecule has 2 fully saturated rings. The van der Waals surface area contributed by atoms with Gasteiger partial charge in [0.1, 0.15) is 5.82 Å². The molecule has 2 aliphatic heterocycles. The summed E-state index contributed by atoms with van der Waals surface area (Å²) in [4.78, 5) is 18.8. The Morgan fingerprint density at radius 3 is 2.86 bits per heavy atom. The Balaban J connectivity index is 1.68. The Hall–Kier alpha value is -1.63. The van der Waals surface area contributed by atoms with Crippen LogP contribution in [0.25, 0.3) is 0 Å². The number of carbonyl (C=O) groups excluding carboxylic acids is 1. The number of amides is 1. The molecule has 0 radical (unpaired) electrons. The lowest BCUT2D eigenvalue weighted by atomic mass is 10.2. The van der Waals surface area contributed by atoms with E-state index in [1.165, 1.54) is 0 Å². The second kappa shape index (κ2) is 5.87. The smallest absolute Gasteiger partial charge is 0.251 e. The molecular weight excluding hydrogens is 302 g/mol. The summed E-state index contributed by atoms with van der Waals surface area (Å²) in [7, 11) is -2.99. The summed E-state index contributed by atoms with van der Waals surface area (Å²) in [5.41, 5.74) is 0.536. The third-order valence-electron chi connectivity index (χ3n) is 4.32. The van der Waals surface area contributed by atoms with Gasteiger partial charge in [0.2, 0.25) is 0 Å². The first-order valence-corrected chi connectivity index (χ1v) is 9.47. The van der Waals surface area contributed by atoms with Gasteiger partial charge in [-0.15, -0.1) is 0 Å². The first kappa shape index (κ1) is 15.3. The maximum atomic E-state index is 12.3. The van der Waals surface area contributed by atoms with Crippen LogP contribution in [0.2, 0.25) is 0 Å². The fourth-order valence-electron chi connectivity index (χ4n) is 3.05. The van der Waals surface area contributed by atoms with Crippen LogP contribution in [0.15, 0.2) is 18.3 Å². The molecule has 3 heterocycles. The zero-order valence-electron chi connectivity index (χ0n) is 12.7. The number of pyridine rings is 1. The van der Waals surface area contributed by atoms with Gasteiger partial charge in [-0.1, -0.05) is 6.92 Å². The minimum Gasteiger partial charge on any atom is -0.356 e. The summed E-state index contributed by atoms with van der Waals surface area (Å²) in [5.74, 6) is 1.43. The molecule has 2 saturated heterocycles. The number of nitrogens with one attached hydrogen (secondary N) is 1. The molecule has 22 heavy (non-hydrogen) atoms. The molecular formula is C15H21N3O3S. The van der Waals surface area contributed by atoms with Crippen LogP contribution < -0.4 is 10.2 Å². The van der Waals surface area contributed by atoms with E-state index in [1.807, 2.05) is 0 Å². The van der Waals surface area contributed by atoms with E-state index in [9.17, 15) is 13.2 Å². The maximum Gasteiger partial charge on any atom is 0.251 e. The van der Waals surface area contributed by atoms with Crippen molar-refractivity contribution in [2.45, 2.75) is 25.8 Å². The molecule has 2 atom stereocenters. The maximum absolute atomic E-state index is 12.3. The van der Waals surface area contributed by atoms with Crippen LogP contribution in [-0.4, -0.2) is 49.9 Å². The molecule has 1 aromatic rings. The minimum absolute atomic E-state index is 0.0420. The SMILES string of the molecule is CC1CCN(c2cc(C(=O)NC3CCS(=O)(=O)C3)ccn2)C1. The monoisotopic (exact) mass is 323 g/mol. The first-order valence-electron chi connectivity index (χ1n) is 7.65. The Morgan fingerprint density at radius 2 is 2.23 bits per heavy atom. The highest BCUT2D eigenvalue weighted by Gasteiger charge is 2.29. The van der Waals surface area contributed by atoms with E-state index < -0.39 is 9.84 Å². The van der Waals surface area contributed by atoms with E-state index in [0.29, 0.717) is 17.9 Å². The number of rotatable bonds is 3. The Morgan fingerprint density at radius 1 is 1.41 bits per heavy atom. The summed E-state index contributed by atoms with van der Waals surface area (Å²) >= 11 is 0. The van der Waals surface area contributed by atoms with Gasteiger partial charge < -0.3 is 10.2 Å². The lowest BCUT2D eigenvalue weighted by Crippen LogP contribution is -2.35. The highest BCUT2D eigenvalue weighted by Crippen LogP contribution is 2.22. The molecule has 6 nitrogen and oxygen atoms in total. The molecule has 0 aliphatic carbocycles. The minimum atomic E-state index is -2.99. The fraction of sp³-hybridized carbons (Fsp3) is 0.600. The van der Waals surface area contributed by atoms with Gasteiger partial charge in [-0.3, -0.25) is 4.79 Å². The molecule has 0 saturated carbocycles. The number of sulfone groups is 1. The molecule has 3 rings (SSSR count). The van der Waals surface area contributed by atoms with Crippen LogP contribution in [0.1, 0.15) is 30.1 Å². The Labute approximate surface area is 130 Å². The van der Waals surface area contributed by atoms with E-state index >= 15 is 0 Å². The van der Waals surface area contributed by atoms with E-state index in [4.69, 9.17) is 0 Å². The second-order valence-corrected chi connectivity index (χ2v) is 8.54. The van der Waals surface area contributed by atoms with Crippen LogP contribution in [-0.2, 0) is 9.84 Å². The van der Waals surface area contributed by atoms with Gasteiger partial charge in [0.05, 0.1) is 11.5 Å². The number of nitrogens with zero attached hydrogens (tertiary/aromatic N) is 2. The molecule has 0 bridgehead atoms. The van der Waals surface area contributed by atoms with Gasteiger partial charge in [-0.25, -0.2) is 13.4 Å². The highest BCUT2D eigenvalue weighted by atomic mass is 32.2. The average Bonchev–Trinajstić information content (AvgIpc) is 3.05. The van der Waals surface area contributed by atoms with Crippen molar-refractivity contribution in [1.82, 2.24) is 10.3 Å². The lowest BCUT2D eigenvalue weighted by Gasteiger charge is -2.18. The standard InChI is InChI=1S/C15H21N3O3S/c1-11-3-6-18(9-11)14-8-12(2-5-16-14)15(19)17-13-4-7-22(20,21)10-13/h2,5,8,11,13H,3-4,6-7,9-10H2,1H3,(H,17,19). The second-order valence-electron chi connectivity index (χ2n) is 6.32. The van der Waals surface area contributed by atoms with Gasteiger partial charge >= 0.3 is 0 Å². The van der Waals surface area contributed by atoms with Gasteiger partial charge in [-0.2, -0.15) is 0 Å². The molecule has 2 aliphatic rings. The van der Waals surface area contributed by atoms with Crippen molar-refractivity contribution in [3.8, 4) is 0 Å². The van der Waals surface area contributed by atoms with Crippen LogP contribution in [0.5, 0.6) is 0 Å². The molecule has 0 aromatic carbocycles. The lowest BCUT2D eigenvalue weighted by molar-refractivity contribution is 0.0941. The van der Waals surface area contributed by atoms with E-state index in [-0.39, 0.29) is 23.5 Å². The fourth-order valence-corrected chi connectivity index (χ4v) is 4.73. The van der Waals surface area contributed by atoms with Crippen molar-refractivity contribution in [3.05, 3.63) is 23.9 Å². The summed E-state index contributed by atoms with van der Waals surface area (Å²) in [6.07, 6.45) is 3.27. The van der Waals surface area contributed by atoms with Crippen molar-refractivity contribution in [1.29, 1.82) is 0 Å². The van der Waals surface area contributed by atoms with Crippen molar-refractivity contribution in [2.75, 3.05) is 29.5 Å². The van der Waals surface area contributed by atoms with Crippen LogP contribution in [0.3, 0.4) is 0 Å². The summed E-state index contributed by atoms with van der Waals surface area (Å²) in [5, 5.41) is 2.81. The Bertz CT molecular complexity index is 674. The summed E-state index contributed by atoms with van der Waals surface area (Å²) < 4.78 is 22.9. The van der Waals surface area contributed by atoms with Crippen LogP contribution in [0.4, 0.5) is 5.82 Å². The molecule has 1 amide bonds. The highest BCUT2D eigenvalue weighted by molar-refractivity contribution is 7.91. The quantitative estimate of drug-likeness (QED) is 0.892. The molecule has 7 heteroatoms. The molecule has 1 aromatic heterocycles. The van der Waals surface area contributed by atoms with Crippen LogP contribution >= 0.6 is 0 Å². The number of aromatic nitrogens is 1. The normalized spacial score (nSPS) is 27.0. The Kier molecular flexibility index (Phi) is 4.08. The van der Waals surface area contributed by atoms with Gasteiger partial charge in [0.25, 0.3) is 5.91 Å². The topological polar surface area (TPSA) is 79.4 Å².